The summed E-state index contributed by atoms with van der Waals surface area (Å²) in [6, 6.07) is 6.56. The number of hydrogen-bond donors (Lipinski definition) is 2. The molecule has 0 amide bonds. The molecule has 1 aliphatic carbocycles. The summed E-state index contributed by atoms with van der Waals surface area (Å²) < 4.78 is 22.4. The summed E-state index contributed by atoms with van der Waals surface area (Å²) in [7, 11) is 0. The standard InChI is InChI=1S/C21H18ClFN6O/c22-16-8-15-17(23)6-13(7-18(15)28-20(16)25)30-9-11-1-2-12(5-11)29-4-3-14-19(24)26-10-27-21(14)29/h3-8,10,12H,1-2,9H2,(H2,25,28)(H2,24,26,27). The van der Waals surface area contributed by atoms with E-state index in [1.807, 2.05) is 12.3 Å². The molecule has 1 aromatic carbocycles. The Kier molecular flexibility index (Phi) is 4.43. The first-order valence-corrected chi connectivity index (χ1v) is 9.82. The highest BCUT2D eigenvalue weighted by Crippen LogP contribution is 2.33. The van der Waals surface area contributed by atoms with Crippen LogP contribution in [0.15, 0.2) is 48.4 Å². The summed E-state index contributed by atoms with van der Waals surface area (Å²) in [5.74, 6) is 0.570. The van der Waals surface area contributed by atoms with E-state index in [1.165, 1.54) is 18.5 Å². The molecular weight excluding hydrogens is 407 g/mol. The third kappa shape index (κ3) is 3.19. The zero-order chi connectivity index (χ0) is 20.8. The van der Waals surface area contributed by atoms with E-state index in [4.69, 9.17) is 27.8 Å². The Bertz CT molecular complexity index is 1320. The van der Waals surface area contributed by atoms with Crippen LogP contribution in [0.1, 0.15) is 18.9 Å². The van der Waals surface area contributed by atoms with Crippen LogP contribution in [-0.4, -0.2) is 26.1 Å². The Morgan fingerprint density at radius 2 is 2.03 bits per heavy atom. The van der Waals surface area contributed by atoms with Crippen LogP contribution in [0.3, 0.4) is 0 Å². The SMILES string of the molecule is Nc1nc2cc(OCC3=CC(n4ccc5c(N)ncnc54)CC3)cc(F)c2cc1Cl. The van der Waals surface area contributed by atoms with E-state index < -0.39 is 5.82 Å². The van der Waals surface area contributed by atoms with Crippen molar-refractivity contribution in [1.82, 2.24) is 19.5 Å². The molecule has 4 aromatic rings. The summed E-state index contributed by atoms with van der Waals surface area (Å²) >= 11 is 5.94. The molecule has 0 aliphatic heterocycles. The topological polar surface area (TPSA) is 105 Å². The zero-order valence-corrected chi connectivity index (χ0v) is 16.6. The number of fused-ring (bicyclic) bond motifs is 2. The highest BCUT2D eigenvalue weighted by molar-refractivity contribution is 6.33. The number of ether oxygens (including phenoxy) is 1. The van der Waals surface area contributed by atoms with Crippen molar-refractivity contribution in [2.45, 2.75) is 18.9 Å². The number of allylic oxidation sites excluding steroid dienone is 1. The highest BCUT2D eigenvalue weighted by atomic mass is 35.5. The number of anilines is 2. The maximum atomic E-state index is 14.4. The Hall–Kier alpha value is -3.39. The number of pyridine rings is 1. The molecule has 30 heavy (non-hydrogen) atoms. The summed E-state index contributed by atoms with van der Waals surface area (Å²) in [6.07, 6.45) is 7.40. The molecule has 0 radical (unpaired) electrons. The lowest BCUT2D eigenvalue weighted by atomic mass is 10.2. The second-order valence-corrected chi connectivity index (χ2v) is 7.67. The minimum absolute atomic E-state index is 0.158. The molecule has 9 heteroatoms. The Labute approximate surface area is 176 Å². The van der Waals surface area contributed by atoms with Crippen molar-refractivity contribution in [3.05, 3.63) is 59.3 Å². The van der Waals surface area contributed by atoms with Crippen molar-refractivity contribution in [3.63, 3.8) is 0 Å². The molecule has 1 atom stereocenters. The largest absolute Gasteiger partial charge is 0.489 e. The van der Waals surface area contributed by atoms with E-state index in [2.05, 4.69) is 25.6 Å². The lowest BCUT2D eigenvalue weighted by molar-refractivity contribution is 0.347. The van der Waals surface area contributed by atoms with Crippen LogP contribution in [0.4, 0.5) is 16.0 Å². The highest BCUT2D eigenvalue weighted by Gasteiger charge is 2.20. The van der Waals surface area contributed by atoms with E-state index in [0.29, 0.717) is 29.1 Å². The van der Waals surface area contributed by atoms with Crippen LogP contribution in [0, 0.1) is 5.82 Å². The molecule has 0 bridgehead atoms. The second kappa shape index (κ2) is 7.14. The zero-order valence-electron chi connectivity index (χ0n) is 15.8. The molecule has 5 rings (SSSR count). The lowest BCUT2D eigenvalue weighted by Gasteiger charge is -2.10. The lowest BCUT2D eigenvalue weighted by Crippen LogP contribution is -2.03. The first-order chi connectivity index (χ1) is 14.5. The normalized spacial score (nSPS) is 16.3. The Morgan fingerprint density at radius 3 is 2.90 bits per heavy atom. The van der Waals surface area contributed by atoms with Crippen LogP contribution in [0.5, 0.6) is 5.75 Å². The fraction of sp³-hybridized carbons (Fsp3) is 0.190. The number of nitrogen functional groups attached to an aromatic ring is 2. The van der Waals surface area contributed by atoms with Crippen LogP contribution in [0.2, 0.25) is 5.02 Å². The summed E-state index contributed by atoms with van der Waals surface area (Å²) in [5, 5.41) is 1.37. The summed E-state index contributed by atoms with van der Waals surface area (Å²) in [6.45, 7) is 0.362. The quantitative estimate of drug-likeness (QED) is 0.474. The summed E-state index contributed by atoms with van der Waals surface area (Å²) in [4.78, 5) is 12.5. The van der Waals surface area contributed by atoms with Gasteiger partial charge in [0.2, 0.25) is 0 Å². The van der Waals surface area contributed by atoms with Gasteiger partial charge in [-0.05, 0) is 30.5 Å². The van der Waals surface area contributed by atoms with E-state index in [9.17, 15) is 4.39 Å². The van der Waals surface area contributed by atoms with Gasteiger partial charge in [0.15, 0.2) is 0 Å². The van der Waals surface area contributed by atoms with Gasteiger partial charge in [0.05, 0.1) is 22.0 Å². The summed E-state index contributed by atoms with van der Waals surface area (Å²) in [5.41, 5.74) is 14.0. The third-order valence-electron chi connectivity index (χ3n) is 5.35. The van der Waals surface area contributed by atoms with Crippen molar-refractivity contribution >= 4 is 45.2 Å². The number of aromatic nitrogens is 4. The average molecular weight is 425 g/mol. The molecule has 0 saturated heterocycles. The number of benzene rings is 1. The van der Waals surface area contributed by atoms with Crippen LogP contribution >= 0.6 is 11.6 Å². The van der Waals surface area contributed by atoms with Gasteiger partial charge in [-0.15, -0.1) is 0 Å². The van der Waals surface area contributed by atoms with Crippen LogP contribution < -0.4 is 16.2 Å². The molecule has 0 spiro atoms. The van der Waals surface area contributed by atoms with Crippen molar-refractivity contribution in [2.24, 2.45) is 0 Å². The maximum absolute atomic E-state index is 14.4. The predicted molar refractivity (Wildman–Crippen MR) is 115 cm³/mol. The Balaban J connectivity index is 1.35. The number of nitrogens with two attached hydrogens (primary N) is 2. The van der Waals surface area contributed by atoms with E-state index >= 15 is 0 Å². The molecule has 0 fully saturated rings. The van der Waals surface area contributed by atoms with Gasteiger partial charge in [-0.2, -0.15) is 0 Å². The first kappa shape index (κ1) is 18.6. The van der Waals surface area contributed by atoms with E-state index in [0.717, 1.165) is 29.4 Å². The van der Waals surface area contributed by atoms with Crippen molar-refractivity contribution in [2.75, 3.05) is 18.1 Å². The number of halogens is 2. The van der Waals surface area contributed by atoms with Gasteiger partial charge < -0.3 is 20.8 Å². The van der Waals surface area contributed by atoms with Crippen LogP contribution in [-0.2, 0) is 0 Å². The molecule has 3 heterocycles. The third-order valence-corrected chi connectivity index (χ3v) is 5.65. The molecule has 0 saturated carbocycles. The second-order valence-electron chi connectivity index (χ2n) is 7.27. The maximum Gasteiger partial charge on any atom is 0.146 e. The smallest absolute Gasteiger partial charge is 0.146 e. The van der Waals surface area contributed by atoms with Gasteiger partial charge in [-0.3, -0.25) is 0 Å². The first-order valence-electron chi connectivity index (χ1n) is 9.44. The predicted octanol–water partition coefficient (Wildman–Crippen LogP) is 4.28. The van der Waals surface area contributed by atoms with Gasteiger partial charge in [0.1, 0.15) is 41.8 Å². The van der Waals surface area contributed by atoms with Gasteiger partial charge in [0.25, 0.3) is 0 Å². The monoisotopic (exact) mass is 424 g/mol. The number of rotatable bonds is 4. The molecule has 152 valence electrons. The number of nitrogens with zero attached hydrogens (tertiary/aromatic N) is 4. The van der Waals surface area contributed by atoms with Crippen molar-refractivity contribution < 1.29 is 9.13 Å². The molecule has 1 unspecified atom stereocenters. The van der Waals surface area contributed by atoms with Crippen LogP contribution in [0.25, 0.3) is 21.9 Å². The van der Waals surface area contributed by atoms with Crippen molar-refractivity contribution in [3.8, 4) is 5.75 Å². The molecule has 7 nitrogen and oxygen atoms in total. The molecule has 3 aromatic heterocycles. The van der Waals surface area contributed by atoms with Crippen molar-refractivity contribution in [1.29, 1.82) is 0 Å². The fourth-order valence-electron chi connectivity index (χ4n) is 3.83. The van der Waals surface area contributed by atoms with E-state index in [-0.39, 0.29) is 16.9 Å². The fourth-order valence-corrected chi connectivity index (χ4v) is 3.98. The molecular formula is C21H18ClFN6O. The molecule has 1 aliphatic rings. The van der Waals surface area contributed by atoms with Gasteiger partial charge in [-0.1, -0.05) is 17.7 Å². The minimum atomic E-state index is -0.453. The Morgan fingerprint density at radius 1 is 1.17 bits per heavy atom. The molecule has 4 N–H and O–H groups in total. The van der Waals surface area contributed by atoms with Gasteiger partial charge in [0, 0.05) is 23.7 Å². The van der Waals surface area contributed by atoms with Gasteiger partial charge >= 0.3 is 0 Å². The van der Waals surface area contributed by atoms with Gasteiger partial charge in [-0.25, -0.2) is 19.3 Å². The minimum Gasteiger partial charge on any atom is -0.489 e. The van der Waals surface area contributed by atoms with E-state index in [1.54, 1.807) is 6.07 Å². The average Bonchev–Trinajstić information content (AvgIpc) is 3.35. The number of hydrogen-bond acceptors (Lipinski definition) is 6.